The van der Waals surface area contributed by atoms with Crippen LogP contribution in [-0.4, -0.2) is 4.98 Å². The number of ether oxygens (including phenoxy) is 1. The van der Waals surface area contributed by atoms with Crippen molar-refractivity contribution in [1.82, 2.24) is 4.98 Å². The van der Waals surface area contributed by atoms with Gasteiger partial charge in [0.2, 0.25) is 0 Å². The van der Waals surface area contributed by atoms with Crippen molar-refractivity contribution in [2.75, 3.05) is 0 Å². The summed E-state index contributed by atoms with van der Waals surface area (Å²) in [6.07, 6.45) is 1.77. The van der Waals surface area contributed by atoms with Crippen molar-refractivity contribution >= 4 is 31.9 Å². The van der Waals surface area contributed by atoms with E-state index >= 15 is 0 Å². The van der Waals surface area contributed by atoms with Gasteiger partial charge in [-0.2, -0.15) is 0 Å². The van der Waals surface area contributed by atoms with Crippen LogP contribution in [0.15, 0.2) is 39.4 Å². The van der Waals surface area contributed by atoms with Crippen LogP contribution < -0.4 is 10.5 Å². The van der Waals surface area contributed by atoms with E-state index in [-0.39, 0.29) is 0 Å². The number of pyridine rings is 1. The zero-order chi connectivity index (χ0) is 13.8. The number of hydrogen-bond donors (Lipinski definition) is 1. The molecular formula is C14H14Br2N2O. The maximum atomic E-state index is 5.84. The Morgan fingerprint density at radius 2 is 1.95 bits per heavy atom. The first-order valence-corrected chi connectivity index (χ1v) is 7.41. The second-order valence-corrected chi connectivity index (χ2v) is 5.86. The molecule has 100 valence electrons. The minimum Gasteiger partial charge on any atom is -0.485 e. The highest BCUT2D eigenvalue weighted by Gasteiger charge is 2.09. The molecular weight excluding hydrogens is 372 g/mol. The molecule has 0 amide bonds. The predicted molar refractivity (Wildman–Crippen MR) is 83.0 cm³/mol. The van der Waals surface area contributed by atoms with Crippen molar-refractivity contribution in [2.45, 2.75) is 20.1 Å². The normalized spacial score (nSPS) is 10.5. The molecule has 0 fully saturated rings. The molecule has 0 bridgehead atoms. The Morgan fingerprint density at radius 1 is 1.26 bits per heavy atom. The van der Waals surface area contributed by atoms with Gasteiger partial charge in [-0.05, 0) is 68.1 Å². The van der Waals surface area contributed by atoms with E-state index in [9.17, 15) is 0 Å². The minimum absolute atomic E-state index is 0.436. The van der Waals surface area contributed by atoms with Crippen LogP contribution in [0.2, 0.25) is 0 Å². The van der Waals surface area contributed by atoms with Gasteiger partial charge in [-0.25, -0.2) is 0 Å². The number of rotatable bonds is 4. The molecule has 0 aliphatic rings. The summed E-state index contributed by atoms with van der Waals surface area (Å²) in [6, 6.07) is 7.87. The van der Waals surface area contributed by atoms with Crippen LogP contribution in [0, 0.1) is 6.92 Å². The Balaban J connectivity index is 2.18. The lowest BCUT2D eigenvalue weighted by Gasteiger charge is -2.12. The van der Waals surface area contributed by atoms with Gasteiger partial charge < -0.3 is 10.5 Å². The lowest BCUT2D eigenvalue weighted by Crippen LogP contribution is -2.02. The smallest absolute Gasteiger partial charge is 0.148 e. The van der Waals surface area contributed by atoms with E-state index in [0.717, 1.165) is 31.5 Å². The summed E-state index contributed by atoms with van der Waals surface area (Å²) in [6.45, 7) is 2.95. The van der Waals surface area contributed by atoms with Gasteiger partial charge in [0.15, 0.2) is 0 Å². The fourth-order valence-electron chi connectivity index (χ4n) is 1.68. The van der Waals surface area contributed by atoms with Gasteiger partial charge in [0, 0.05) is 12.7 Å². The summed E-state index contributed by atoms with van der Waals surface area (Å²) in [7, 11) is 0. The molecule has 2 aromatic rings. The van der Waals surface area contributed by atoms with Crippen molar-refractivity contribution in [2.24, 2.45) is 5.73 Å². The third-order valence-corrected chi connectivity index (χ3v) is 3.94. The molecule has 19 heavy (non-hydrogen) atoms. The molecule has 5 heteroatoms. The van der Waals surface area contributed by atoms with E-state index < -0.39 is 0 Å². The zero-order valence-electron chi connectivity index (χ0n) is 10.5. The number of aromatic nitrogens is 1. The minimum atomic E-state index is 0.436. The SMILES string of the molecule is Cc1cccnc1COc1c(Br)cc(CN)cc1Br. The summed E-state index contributed by atoms with van der Waals surface area (Å²) < 4.78 is 7.61. The average Bonchev–Trinajstić information content (AvgIpc) is 2.39. The number of nitrogens with two attached hydrogens (primary N) is 1. The predicted octanol–water partition coefficient (Wildman–Crippen LogP) is 3.95. The van der Waals surface area contributed by atoms with Crippen LogP contribution in [0.4, 0.5) is 0 Å². The van der Waals surface area contributed by atoms with Crippen molar-refractivity contribution in [1.29, 1.82) is 0 Å². The molecule has 0 aliphatic carbocycles. The topological polar surface area (TPSA) is 48.1 Å². The summed E-state index contributed by atoms with van der Waals surface area (Å²) in [5, 5.41) is 0. The molecule has 2 rings (SSSR count). The Labute approximate surface area is 129 Å². The van der Waals surface area contributed by atoms with E-state index in [4.69, 9.17) is 10.5 Å². The van der Waals surface area contributed by atoms with Crippen LogP contribution in [0.25, 0.3) is 0 Å². The van der Waals surface area contributed by atoms with Gasteiger partial charge in [-0.1, -0.05) is 6.07 Å². The highest BCUT2D eigenvalue weighted by Crippen LogP contribution is 2.35. The molecule has 1 aromatic heterocycles. The highest BCUT2D eigenvalue weighted by atomic mass is 79.9. The third-order valence-electron chi connectivity index (χ3n) is 2.76. The van der Waals surface area contributed by atoms with Gasteiger partial charge in [0.25, 0.3) is 0 Å². The lowest BCUT2D eigenvalue weighted by atomic mass is 10.2. The third kappa shape index (κ3) is 3.55. The summed E-state index contributed by atoms with van der Waals surface area (Å²) >= 11 is 7.00. The van der Waals surface area contributed by atoms with Crippen molar-refractivity contribution < 1.29 is 4.74 Å². The largest absolute Gasteiger partial charge is 0.485 e. The van der Waals surface area contributed by atoms with Crippen molar-refractivity contribution in [3.8, 4) is 5.75 Å². The van der Waals surface area contributed by atoms with E-state index in [0.29, 0.717) is 13.2 Å². The summed E-state index contributed by atoms with van der Waals surface area (Å²) in [5.74, 6) is 0.766. The van der Waals surface area contributed by atoms with Gasteiger partial charge in [0.05, 0.1) is 14.6 Å². The van der Waals surface area contributed by atoms with Crippen LogP contribution in [0.3, 0.4) is 0 Å². The Kier molecular flexibility index (Phi) is 4.96. The van der Waals surface area contributed by atoms with Crippen molar-refractivity contribution in [3.63, 3.8) is 0 Å². The number of halogens is 2. The zero-order valence-corrected chi connectivity index (χ0v) is 13.7. The Hall–Kier alpha value is -0.910. The van der Waals surface area contributed by atoms with Gasteiger partial charge in [-0.3, -0.25) is 4.98 Å². The van der Waals surface area contributed by atoms with Gasteiger partial charge >= 0.3 is 0 Å². The fourth-order valence-corrected chi connectivity index (χ4v) is 3.19. The Morgan fingerprint density at radius 3 is 2.53 bits per heavy atom. The van der Waals surface area contributed by atoms with E-state index in [1.54, 1.807) is 6.20 Å². The standard InChI is InChI=1S/C14H14Br2N2O/c1-9-3-2-4-18-13(9)8-19-14-11(15)5-10(7-17)6-12(14)16/h2-6H,7-8,17H2,1H3. The molecule has 0 spiro atoms. The fraction of sp³-hybridized carbons (Fsp3) is 0.214. The van der Waals surface area contributed by atoms with Crippen LogP contribution in [-0.2, 0) is 13.2 Å². The number of hydrogen-bond acceptors (Lipinski definition) is 3. The first kappa shape index (κ1) is 14.5. The molecule has 3 nitrogen and oxygen atoms in total. The van der Waals surface area contributed by atoms with Gasteiger partial charge in [0.1, 0.15) is 12.4 Å². The number of aryl methyl sites for hydroxylation is 1. The van der Waals surface area contributed by atoms with E-state index in [2.05, 4.69) is 36.8 Å². The van der Waals surface area contributed by atoms with E-state index in [1.807, 2.05) is 31.2 Å². The number of benzene rings is 1. The molecule has 1 aromatic carbocycles. The van der Waals surface area contributed by atoms with Crippen LogP contribution in [0.1, 0.15) is 16.8 Å². The van der Waals surface area contributed by atoms with Crippen LogP contribution >= 0.6 is 31.9 Å². The average molecular weight is 386 g/mol. The molecule has 0 saturated heterocycles. The maximum absolute atomic E-state index is 5.84. The molecule has 0 atom stereocenters. The first-order chi connectivity index (χ1) is 9.11. The maximum Gasteiger partial charge on any atom is 0.148 e. The molecule has 0 radical (unpaired) electrons. The summed E-state index contributed by atoms with van der Waals surface area (Å²) in [5.41, 5.74) is 8.73. The first-order valence-electron chi connectivity index (χ1n) is 5.83. The van der Waals surface area contributed by atoms with Crippen LogP contribution in [0.5, 0.6) is 5.75 Å². The lowest BCUT2D eigenvalue weighted by molar-refractivity contribution is 0.296. The molecule has 1 heterocycles. The van der Waals surface area contributed by atoms with Crippen molar-refractivity contribution in [3.05, 3.63) is 56.2 Å². The second kappa shape index (κ2) is 6.50. The van der Waals surface area contributed by atoms with E-state index in [1.165, 1.54) is 0 Å². The monoisotopic (exact) mass is 384 g/mol. The molecule has 0 aliphatic heterocycles. The molecule has 0 saturated carbocycles. The number of nitrogens with zero attached hydrogens (tertiary/aromatic N) is 1. The second-order valence-electron chi connectivity index (χ2n) is 4.15. The molecule has 2 N–H and O–H groups in total. The Bertz CT molecular complexity index is 564. The van der Waals surface area contributed by atoms with Gasteiger partial charge in [-0.15, -0.1) is 0 Å². The highest BCUT2D eigenvalue weighted by molar-refractivity contribution is 9.11. The molecule has 0 unspecified atom stereocenters. The summed E-state index contributed by atoms with van der Waals surface area (Å²) in [4.78, 5) is 4.31. The quantitative estimate of drug-likeness (QED) is 0.866.